The van der Waals surface area contributed by atoms with Crippen LogP contribution in [0.5, 0.6) is 0 Å². The normalized spacial score (nSPS) is 11.8. The molecule has 0 spiro atoms. The highest BCUT2D eigenvalue weighted by molar-refractivity contribution is 5.83. The van der Waals surface area contributed by atoms with Crippen LogP contribution in [0.1, 0.15) is 143 Å². The van der Waals surface area contributed by atoms with Crippen molar-refractivity contribution in [2.45, 2.75) is 143 Å². The minimum atomic E-state index is -0.144. The van der Waals surface area contributed by atoms with Gasteiger partial charge in [-0.25, -0.2) is 0 Å². The number of hydrogen-bond donors (Lipinski definition) is 0. The fraction of sp³-hybridized carbons (Fsp3) is 0.958. The highest BCUT2D eigenvalue weighted by Crippen LogP contribution is 2.19. The van der Waals surface area contributed by atoms with Gasteiger partial charge in [-0.1, -0.05) is 130 Å². The van der Waals surface area contributed by atoms with E-state index < -0.39 is 0 Å². The zero-order valence-corrected chi connectivity index (χ0v) is 18.1. The zero-order chi connectivity index (χ0) is 18.8. The first-order valence-electron chi connectivity index (χ1n) is 11.5. The lowest BCUT2D eigenvalue weighted by Gasteiger charge is -2.16. The van der Waals surface area contributed by atoms with Crippen molar-refractivity contribution >= 4 is 5.78 Å². The second-order valence-corrected chi connectivity index (χ2v) is 9.08. The number of hydrogen-bond acceptors (Lipinski definition) is 1. The van der Waals surface area contributed by atoms with Crippen LogP contribution in [0.2, 0.25) is 0 Å². The number of Topliss-reactive ketones (excluding diaryl/α,β-unsaturated/α-hetero) is 1. The number of carbonyl (C=O) groups excluding carboxylic acids is 1. The predicted molar refractivity (Wildman–Crippen MR) is 113 cm³/mol. The van der Waals surface area contributed by atoms with E-state index in [4.69, 9.17) is 0 Å². The van der Waals surface area contributed by atoms with E-state index in [0.29, 0.717) is 5.78 Å². The van der Waals surface area contributed by atoms with E-state index in [1.54, 1.807) is 0 Å². The molecule has 0 saturated carbocycles. The lowest BCUT2D eigenvalue weighted by atomic mass is 9.88. The molecule has 1 heteroatoms. The van der Waals surface area contributed by atoms with Crippen molar-refractivity contribution in [1.29, 1.82) is 0 Å². The van der Waals surface area contributed by atoms with Gasteiger partial charge in [0.25, 0.3) is 0 Å². The smallest absolute Gasteiger partial charge is 0.138 e. The van der Waals surface area contributed by atoms with Crippen LogP contribution >= 0.6 is 0 Å². The van der Waals surface area contributed by atoms with Gasteiger partial charge >= 0.3 is 0 Å². The largest absolute Gasteiger partial charge is 0.299 e. The molecule has 25 heavy (non-hydrogen) atoms. The summed E-state index contributed by atoms with van der Waals surface area (Å²) in [5, 5.41) is 0. The summed E-state index contributed by atoms with van der Waals surface area (Å²) < 4.78 is 0. The van der Waals surface area contributed by atoms with Gasteiger partial charge in [-0.15, -0.1) is 0 Å². The van der Waals surface area contributed by atoms with Crippen LogP contribution in [0, 0.1) is 5.41 Å². The quantitative estimate of drug-likeness (QED) is 0.225. The molecule has 0 radical (unpaired) electrons. The van der Waals surface area contributed by atoms with Gasteiger partial charge in [-0.2, -0.15) is 0 Å². The number of ketones is 1. The minimum Gasteiger partial charge on any atom is -0.299 e. The molecule has 0 aliphatic heterocycles. The highest BCUT2D eigenvalue weighted by Gasteiger charge is 2.19. The molecule has 0 saturated heterocycles. The van der Waals surface area contributed by atoms with Gasteiger partial charge in [-0.3, -0.25) is 4.79 Å². The minimum absolute atomic E-state index is 0.144. The molecule has 150 valence electrons. The molecule has 0 atom stereocenters. The molecule has 0 aliphatic rings. The van der Waals surface area contributed by atoms with E-state index in [1.807, 2.05) is 20.8 Å². The van der Waals surface area contributed by atoms with Crippen LogP contribution < -0.4 is 0 Å². The molecule has 0 heterocycles. The molecular weight excluding hydrogens is 304 g/mol. The van der Waals surface area contributed by atoms with Crippen molar-refractivity contribution in [3.8, 4) is 0 Å². The molecule has 0 rings (SSSR count). The third-order valence-electron chi connectivity index (χ3n) is 5.34. The van der Waals surface area contributed by atoms with E-state index in [-0.39, 0.29) is 5.41 Å². The third kappa shape index (κ3) is 18.3. The Morgan fingerprint density at radius 3 is 1.08 bits per heavy atom. The van der Waals surface area contributed by atoms with Crippen molar-refractivity contribution in [3.05, 3.63) is 0 Å². The average molecular weight is 353 g/mol. The Bertz CT molecular complexity index is 287. The molecule has 0 bridgehead atoms. The molecule has 0 unspecified atom stereocenters. The summed E-state index contributed by atoms with van der Waals surface area (Å²) in [6.45, 7) is 8.38. The van der Waals surface area contributed by atoms with Crippen molar-refractivity contribution in [2.24, 2.45) is 5.41 Å². The average Bonchev–Trinajstić information content (AvgIpc) is 2.56. The van der Waals surface area contributed by atoms with Gasteiger partial charge in [0, 0.05) is 11.8 Å². The Hall–Kier alpha value is -0.330. The van der Waals surface area contributed by atoms with Crippen LogP contribution in [0.3, 0.4) is 0 Å². The fourth-order valence-corrected chi connectivity index (χ4v) is 3.39. The second kappa shape index (κ2) is 17.1. The predicted octanol–water partition coefficient (Wildman–Crippen LogP) is 8.64. The third-order valence-corrected chi connectivity index (χ3v) is 5.34. The number of carbonyl (C=O) groups is 1. The molecule has 0 amide bonds. The first-order chi connectivity index (χ1) is 12.0. The van der Waals surface area contributed by atoms with Gasteiger partial charge in [0.2, 0.25) is 0 Å². The summed E-state index contributed by atoms with van der Waals surface area (Å²) in [6, 6.07) is 0. The summed E-state index contributed by atoms with van der Waals surface area (Å²) in [4.78, 5) is 11.8. The monoisotopic (exact) mass is 352 g/mol. The first kappa shape index (κ1) is 24.7. The van der Waals surface area contributed by atoms with Gasteiger partial charge in [0.1, 0.15) is 5.78 Å². The van der Waals surface area contributed by atoms with Gasteiger partial charge in [-0.05, 0) is 6.42 Å². The SMILES string of the molecule is CCCCCCCCCCCCCCCCCCCC(=O)C(C)(C)C. The molecule has 0 aromatic rings. The van der Waals surface area contributed by atoms with E-state index >= 15 is 0 Å². The van der Waals surface area contributed by atoms with Gasteiger partial charge < -0.3 is 0 Å². The van der Waals surface area contributed by atoms with Crippen molar-refractivity contribution in [3.63, 3.8) is 0 Å². The first-order valence-corrected chi connectivity index (χ1v) is 11.5. The van der Waals surface area contributed by atoms with Crippen molar-refractivity contribution in [1.82, 2.24) is 0 Å². The molecule has 0 fully saturated rings. The van der Waals surface area contributed by atoms with Crippen LogP contribution in [0.15, 0.2) is 0 Å². The van der Waals surface area contributed by atoms with E-state index in [1.165, 1.54) is 103 Å². The van der Waals surface area contributed by atoms with Crippen LogP contribution in [-0.4, -0.2) is 5.78 Å². The van der Waals surface area contributed by atoms with E-state index in [0.717, 1.165) is 12.8 Å². The zero-order valence-electron chi connectivity index (χ0n) is 18.1. The van der Waals surface area contributed by atoms with Crippen molar-refractivity contribution in [2.75, 3.05) is 0 Å². The lowest BCUT2D eigenvalue weighted by molar-refractivity contribution is -0.126. The maximum absolute atomic E-state index is 11.8. The van der Waals surface area contributed by atoms with E-state index in [9.17, 15) is 4.79 Å². The summed E-state index contributed by atoms with van der Waals surface area (Å²) >= 11 is 0. The van der Waals surface area contributed by atoms with E-state index in [2.05, 4.69) is 6.92 Å². The van der Waals surface area contributed by atoms with Gasteiger partial charge in [0.15, 0.2) is 0 Å². The molecule has 0 aromatic heterocycles. The Morgan fingerprint density at radius 1 is 0.520 bits per heavy atom. The summed E-state index contributed by atoms with van der Waals surface area (Å²) in [5.74, 6) is 0.424. The Balaban J connectivity index is 3.11. The summed E-state index contributed by atoms with van der Waals surface area (Å²) in [5.41, 5.74) is -0.144. The Morgan fingerprint density at radius 2 is 0.800 bits per heavy atom. The molecule has 1 nitrogen and oxygen atoms in total. The van der Waals surface area contributed by atoms with Crippen LogP contribution in [0.25, 0.3) is 0 Å². The second-order valence-electron chi connectivity index (χ2n) is 9.08. The summed E-state index contributed by atoms with van der Waals surface area (Å²) in [7, 11) is 0. The standard InChI is InChI=1S/C24H48O/c1-5-6-7-8-9-10-11-12-13-14-15-16-17-18-19-20-21-22-23(25)24(2,3)4/h5-22H2,1-4H3. The summed E-state index contributed by atoms with van der Waals surface area (Å²) in [6.07, 6.45) is 24.4. The Kier molecular flexibility index (Phi) is 16.9. The number of unbranched alkanes of at least 4 members (excludes halogenated alkanes) is 16. The molecular formula is C24H48O. The molecule has 0 N–H and O–H groups in total. The fourth-order valence-electron chi connectivity index (χ4n) is 3.39. The maximum atomic E-state index is 11.8. The number of rotatable bonds is 18. The lowest BCUT2D eigenvalue weighted by Crippen LogP contribution is -2.19. The van der Waals surface area contributed by atoms with Crippen LogP contribution in [-0.2, 0) is 4.79 Å². The molecule has 0 aliphatic carbocycles. The topological polar surface area (TPSA) is 17.1 Å². The Labute approximate surface area is 159 Å². The van der Waals surface area contributed by atoms with Crippen molar-refractivity contribution < 1.29 is 4.79 Å². The van der Waals surface area contributed by atoms with Crippen LogP contribution in [0.4, 0.5) is 0 Å². The van der Waals surface area contributed by atoms with Gasteiger partial charge in [0.05, 0.1) is 0 Å². The molecule has 0 aromatic carbocycles. The highest BCUT2D eigenvalue weighted by atomic mass is 16.1. The maximum Gasteiger partial charge on any atom is 0.138 e.